The summed E-state index contributed by atoms with van der Waals surface area (Å²) in [6.07, 6.45) is 0. The molecule has 49 heavy (non-hydrogen) atoms. The Morgan fingerprint density at radius 1 is 0.449 bits per heavy atom. The molecule has 0 heterocycles. The zero-order valence-electron chi connectivity index (χ0n) is 28.5. The zero-order chi connectivity index (χ0) is 34.7. The van der Waals surface area contributed by atoms with Crippen molar-refractivity contribution in [3.63, 3.8) is 0 Å². The summed E-state index contributed by atoms with van der Waals surface area (Å²) in [6, 6.07) is 21.3. The molecule has 6 N–H and O–H groups in total. The van der Waals surface area contributed by atoms with Gasteiger partial charge >= 0.3 is 0 Å². The van der Waals surface area contributed by atoms with E-state index in [2.05, 4.69) is 21.3 Å². The van der Waals surface area contributed by atoms with Crippen LogP contribution in [-0.2, 0) is 26.2 Å². The Morgan fingerprint density at radius 2 is 0.714 bits per heavy atom. The maximum atomic E-state index is 12.0. The Bertz CT molecular complexity index is 1330. The van der Waals surface area contributed by atoms with Gasteiger partial charge in [0.2, 0.25) is 0 Å². The van der Waals surface area contributed by atoms with Gasteiger partial charge in [-0.3, -0.25) is 0 Å². The van der Waals surface area contributed by atoms with E-state index in [0.717, 1.165) is 11.1 Å². The third-order valence-electron chi connectivity index (χ3n) is 7.38. The first-order valence-corrected chi connectivity index (χ1v) is 15.5. The molecule has 0 saturated heterocycles. The number of rotatable bonds is 18. The molecule has 4 aromatic rings. The zero-order valence-corrected chi connectivity index (χ0v) is 32.2. The number of ether oxygens (including phenoxy) is 4. The fourth-order valence-corrected chi connectivity index (χ4v) is 4.72. The largest absolute Gasteiger partial charge is 0.870 e. The van der Waals surface area contributed by atoms with Crippen LogP contribution in [0.2, 0.25) is 0 Å². The van der Waals surface area contributed by atoms with Gasteiger partial charge in [0.15, 0.2) is 23.0 Å². The third-order valence-corrected chi connectivity index (χ3v) is 7.38. The number of hydrogen-bond donors (Lipinski definition) is 6. The summed E-state index contributed by atoms with van der Waals surface area (Å²) in [5.41, 5.74) is 2.92. The predicted molar refractivity (Wildman–Crippen MR) is 181 cm³/mol. The van der Waals surface area contributed by atoms with E-state index in [1.165, 1.54) is 28.4 Å². The number of aromatic hydroxyl groups is 2. The summed E-state index contributed by atoms with van der Waals surface area (Å²) in [7, 11) is 6.04. The van der Waals surface area contributed by atoms with Crippen LogP contribution in [0.4, 0.5) is 0 Å². The Kier molecular flexibility index (Phi) is 19.5. The molecule has 13 heteroatoms. The van der Waals surface area contributed by atoms with Gasteiger partial charge in [0.05, 0.1) is 28.4 Å². The molecule has 263 valence electrons. The number of nitrogens with one attached hydrogen (secondary N) is 4. The minimum Gasteiger partial charge on any atom is -0.870 e. The smallest absolute Gasteiger partial charge is 0.162 e. The van der Waals surface area contributed by atoms with Crippen LogP contribution in [0.15, 0.2) is 72.8 Å². The molecular weight excluding hydrogens is 757 g/mol. The van der Waals surface area contributed by atoms with Crippen LogP contribution < -0.4 is 50.4 Å². The molecule has 0 atom stereocenters. The molecule has 0 aliphatic carbocycles. The van der Waals surface area contributed by atoms with Gasteiger partial charge in [-0.2, -0.15) is 0 Å². The Morgan fingerprint density at radius 3 is 1.02 bits per heavy atom. The molecule has 0 amide bonds. The SMILES string of the molecule is COc1cccc(CNCCNCc2cccc(OC)c2O)c1[O-].COc1cccc(CNCCNCc2cccc(OC)c2O)c1[O-].[Pr]. The van der Waals surface area contributed by atoms with E-state index in [-0.39, 0.29) is 64.3 Å². The maximum absolute atomic E-state index is 12.0. The average Bonchev–Trinajstić information content (AvgIpc) is 3.10. The Labute approximate surface area is 321 Å². The van der Waals surface area contributed by atoms with Crippen molar-refractivity contribution in [1.82, 2.24) is 21.3 Å². The van der Waals surface area contributed by atoms with Crippen LogP contribution in [0.25, 0.3) is 0 Å². The molecule has 12 nitrogen and oxygen atoms in total. The Hall–Kier alpha value is -3.52. The van der Waals surface area contributed by atoms with E-state index in [9.17, 15) is 20.4 Å². The van der Waals surface area contributed by atoms with E-state index in [1.807, 2.05) is 24.3 Å². The molecule has 4 aromatic carbocycles. The summed E-state index contributed by atoms with van der Waals surface area (Å²) >= 11 is 0. The molecule has 0 aliphatic heterocycles. The monoisotopic (exact) mass is 803 g/mol. The van der Waals surface area contributed by atoms with E-state index in [0.29, 0.717) is 86.5 Å². The van der Waals surface area contributed by atoms with Crippen molar-refractivity contribution in [1.29, 1.82) is 0 Å². The normalized spacial score (nSPS) is 10.4. The summed E-state index contributed by atoms with van der Waals surface area (Å²) in [6.45, 7) is 4.85. The first-order valence-electron chi connectivity index (χ1n) is 15.5. The standard InChI is InChI=1S/2C18H24N2O4.Pr/c2*1-23-15-7-3-5-13(17(15)21)11-19-9-10-20-12-14-6-4-8-16(24-2)18(14)22;/h2*3-8,19-22H,9-12H2,1-2H3;/p-2. The van der Waals surface area contributed by atoms with E-state index >= 15 is 0 Å². The number of benzene rings is 4. The summed E-state index contributed by atoms with van der Waals surface area (Å²) in [5, 5.41) is 56.8. The number of methoxy groups -OCH3 is 4. The van der Waals surface area contributed by atoms with Gasteiger partial charge in [-0.1, -0.05) is 60.0 Å². The van der Waals surface area contributed by atoms with Crippen LogP contribution in [0.1, 0.15) is 22.3 Å². The van der Waals surface area contributed by atoms with Crippen molar-refractivity contribution in [3.05, 3.63) is 95.1 Å². The first-order chi connectivity index (χ1) is 23.3. The molecule has 0 fully saturated rings. The van der Waals surface area contributed by atoms with Crippen LogP contribution in [0.3, 0.4) is 0 Å². The fourth-order valence-electron chi connectivity index (χ4n) is 4.72. The molecular formula is C36H46N4O8Pr-2. The molecule has 0 saturated carbocycles. The minimum absolute atomic E-state index is 0. The number of para-hydroxylation sites is 4. The molecule has 0 spiro atoms. The third kappa shape index (κ3) is 13.0. The first kappa shape index (κ1) is 41.7. The van der Waals surface area contributed by atoms with Crippen molar-refractivity contribution in [2.24, 2.45) is 0 Å². The minimum atomic E-state index is -0.0817. The summed E-state index contributed by atoms with van der Waals surface area (Å²) in [5.74, 6) is 1.81. The number of phenolic OH excluding ortho intramolecular Hbond substituents is 2. The van der Waals surface area contributed by atoms with Gasteiger partial charge in [0.25, 0.3) is 0 Å². The molecule has 0 aromatic heterocycles. The second kappa shape index (κ2) is 23.0. The van der Waals surface area contributed by atoms with Crippen LogP contribution in [0, 0.1) is 41.3 Å². The molecule has 0 unspecified atom stereocenters. The molecule has 0 bridgehead atoms. The topological polar surface area (TPSA) is 172 Å². The molecule has 1 radical (unpaired) electrons. The molecule has 4 rings (SSSR count). The van der Waals surface area contributed by atoms with Gasteiger partial charge in [0.1, 0.15) is 11.5 Å². The van der Waals surface area contributed by atoms with Gasteiger partial charge in [0, 0.05) is 105 Å². The summed E-state index contributed by atoms with van der Waals surface area (Å²) < 4.78 is 20.2. The molecule has 0 aliphatic rings. The van der Waals surface area contributed by atoms with Crippen molar-refractivity contribution in [2.45, 2.75) is 26.2 Å². The maximum Gasteiger partial charge on any atom is 0.162 e. The number of hydrogen-bond acceptors (Lipinski definition) is 12. The van der Waals surface area contributed by atoms with Crippen molar-refractivity contribution in [2.75, 3.05) is 54.6 Å². The predicted octanol–water partition coefficient (Wildman–Crippen LogP) is 2.72. The van der Waals surface area contributed by atoms with E-state index in [1.54, 1.807) is 48.5 Å². The Balaban J connectivity index is 0.000000333. The van der Waals surface area contributed by atoms with Gasteiger partial charge in [-0.25, -0.2) is 0 Å². The van der Waals surface area contributed by atoms with Crippen LogP contribution >= 0.6 is 0 Å². The van der Waals surface area contributed by atoms with Crippen LogP contribution in [-0.4, -0.2) is 64.8 Å². The van der Waals surface area contributed by atoms with Crippen molar-refractivity contribution >= 4 is 0 Å². The average molecular weight is 804 g/mol. The second-order valence-electron chi connectivity index (χ2n) is 10.5. The summed E-state index contributed by atoms with van der Waals surface area (Å²) in [4.78, 5) is 0. The van der Waals surface area contributed by atoms with Gasteiger partial charge < -0.3 is 60.6 Å². The fraction of sp³-hybridized carbons (Fsp3) is 0.333. The van der Waals surface area contributed by atoms with Crippen molar-refractivity contribution in [3.8, 4) is 46.0 Å². The van der Waals surface area contributed by atoms with Gasteiger partial charge in [-0.05, 0) is 35.4 Å². The van der Waals surface area contributed by atoms with E-state index in [4.69, 9.17) is 18.9 Å². The van der Waals surface area contributed by atoms with Gasteiger partial charge in [-0.15, -0.1) is 0 Å². The van der Waals surface area contributed by atoms with E-state index < -0.39 is 0 Å². The number of phenols is 2. The van der Waals surface area contributed by atoms with Crippen LogP contribution in [0.5, 0.6) is 46.0 Å². The van der Waals surface area contributed by atoms with Crippen molar-refractivity contribution < 1.29 is 80.7 Å². The second-order valence-corrected chi connectivity index (χ2v) is 10.5. The quantitative estimate of drug-likeness (QED) is 0.0815.